The van der Waals surface area contributed by atoms with Crippen LogP contribution in [0.15, 0.2) is 18.2 Å². The third kappa shape index (κ3) is 6.21. The monoisotopic (exact) mass is 340 g/mol. The second-order valence-electron chi connectivity index (χ2n) is 4.83. The molecular formula is C15H20N2O7. The molecule has 1 aromatic carbocycles. The maximum absolute atomic E-state index is 11.7. The molecule has 0 aromatic heterocycles. The highest BCUT2D eigenvalue weighted by molar-refractivity contribution is 5.75. The number of nitrogens with zero attached hydrogens (tertiary/aromatic N) is 2. The zero-order chi connectivity index (χ0) is 18.1. The SMILES string of the molecule is CCOC(=O)CN(CC(=O)OCC)Cc1cc([N+](=O)[O-])ccc1O. The topological polar surface area (TPSA) is 119 Å². The highest BCUT2D eigenvalue weighted by Crippen LogP contribution is 2.24. The zero-order valence-electron chi connectivity index (χ0n) is 13.6. The van der Waals surface area contributed by atoms with Crippen molar-refractivity contribution in [3.63, 3.8) is 0 Å². The predicted molar refractivity (Wildman–Crippen MR) is 83.3 cm³/mol. The number of non-ortho nitro benzene ring substituents is 1. The predicted octanol–water partition coefficient (Wildman–Crippen LogP) is 1.23. The number of rotatable bonds is 9. The summed E-state index contributed by atoms with van der Waals surface area (Å²) < 4.78 is 9.68. The summed E-state index contributed by atoms with van der Waals surface area (Å²) in [6.07, 6.45) is 0. The first-order valence-corrected chi connectivity index (χ1v) is 7.37. The fourth-order valence-corrected chi connectivity index (χ4v) is 2.00. The van der Waals surface area contributed by atoms with Gasteiger partial charge in [0.2, 0.25) is 0 Å². The molecule has 1 aromatic rings. The van der Waals surface area contributed by atoms with Crippen LogP contribution in [0.1, 0.15) is 19.4 Å². The number of phenols is 1. The molecule has 0 saturated carbocycles. The van der Waals surface area contributed by atoms with Crippen molar-refractivity contribution < 1.29 is 29.1 Å². The molecule has 0 bridgehead atoms. The number of esters is 2. The van der Waals surface area contributed by atoms with E-state index in [1.165, 1.54) is 23.1 Å². The molecule has 0 atom stereocenters. The lowest BCUT2D eigenvalue weighted by molar-refractivity contribution is -0.385. The van der Waals surface area contributed by atoms with Crippen LogP contribution in [-0.4, -0.2) is 53.2 Å². The van der Waals surface area contributed by atoms with Crippen molar-refractivity contribution in [3.05, 3.63) is 33.9 Å². The maximum atomic E-state index is 11.7. The molecule has 1 N–H and O–H groups in total. The van der Waals surface area contributed by atoms with Crippen LogP contribution < -0.4 is 0 Å². The van der Waals surface area contributed by atoms with Gasteiger partial charge in [0.25, 0.3) is 5.69 Å². The van der Waals surface area contributed by atoms with Gasteiger partial charge >= 0.3 is 11.9 Å². The van der Waals surface area contributed by atoms with Gasteiger partial charge < -0.3 is 14.6 Å². The number of hydrogen-bond donors (Lipinski definition) is 1. The van der Waals surface area contributed by atoms with Gasteiger partial charge in [0, 0.05) is 24.2 Å². The van der Waals surface area contributed by atoms with Crippen molar-refractivity contribution in [3.8, 4) is 5.75 Å². The average Bonchev–Trinajstić information content (AvgIpc) is 2.49. The molecule has 0 aliphatic rings. The van der Waals surface area contributed by atoms with Crippen LogP contribution in [0.3, 0.4) is 0 Å². The van der Waals surface area contributed by atoms with Gasteiger partial charge in [0.05, 0.1) is 31.2 Å². The molecule has 0 aliphatic heterocycles. The largest absolute Gasteiger partial charge is 0.508 e. The fraction of sp³-hybridized carbons (Fsp3) is 0.467. The van der Waals surface area contributed by atoms with Crippen LogP contribution >= 0.6 is 0 Å². The summed E-state index contributed by atoms with van der Waals surface area (Å²) in [5, 5.41) is 20.7. The van der Waals surface area contributed by atoms with Gasteiger partial charge in [-0.1, -0.05) is 0 Å². The molecule has 0 aliphatic carbocycles. The van der Waals surface area contributed by atoms with Crippen LogP contribution in [0.4, 0.5) is 5.69 Å². The molecule has 9 heteroatoms. The van der Waals surface area contributed by atoms with E-state index in [4.69, 9.17) is 9.47 Å². The number of nitro groups is 1. The smallest absolute Gasteiger partial charge is 0.320 e. The van der Waals surface area contributed by atoms with Crippen molar-refractivity contribution >= 4 is 17.6 Å². The number of carbonyl (C=O) groups is 2. The van der Waals surface area contributed by atoms with E-state index in [1.54, 1.807) is 13.8 Å². The number of aromatic hydroxyl groups is 1. The minimum absolute atomic E-state index is 0.0505. The minimum atomic E-state index is -0.593. The fourth-order valence-electron chi connectivity index (χ4n) is 2.00. The molecule has 0 spiro atoms. The molecule has 0 saturated heterocycles. The Morgan fingerprint density at radius 2 is 1.71 bits per heavy atom. The maximum Gasteiger partial charge on any atom is 0.320 e. The average molecular weight is 340 g/mol. The van der Waals surface area contributed by atoms with Crippen LogP contribution in [0.2, 0.25) is 0 Å². The van der Waals surface area contributed by atoms with E-state index in [2.05, 4.69) is 0 Å². The van der Waals surface area contributed by atoms with Crippen molar-refractivity contribution in [2.24, 2.45) is 0 Å². The minimum Gasteiger partial charge on any atom is -0.508 e. The summed E-state index contributed by atoms with van der Waals surface area (Å²) in [4.78, 5) is 34.9. The second-order valence-corrected chi connectivity index (χ2v) is 4.83. The molecule has 9 nitrogen and oxygen atoms in total. The molecular weight excluding hydrogens is 320 g/mol. The van der Waals surface area contributed by atoms with Crippen LogP contribution in [-0.2, 0) is 25.6 Å². The standard InChI is InChI=1S/C15H20N2O7/c1-3-23-14(19)9-16(10-15(20)24-4-2)8-11-7-12(17(21)22)5-6-13(11)18/h5-7,18H,3-4,8-10H2,1-2H3. The van der Waals surface area contributed by atoms with Gasteiger partial charge in [0.15, 0.2) is 0 Å². The number of ether oxygens (including phenoxy) is 2. The zero-order valence-corrected chi connectivity index (χ0v) is 13.6. The van der Waals surface area contributed by atoms with E-state index in [1.807, 2.05) is 0 Å². The number of carbonyl (C=O) groups excluding carboxylic acids is 2. The first-order valence-electron chi connectivity index (χ1n) is 7.37. The lowest BCUT2D eigenvalue weighted by Crippen LogP contribution is -2.35. The molecule has 0 fully saturated rings. The Kier molecular flexibility index (Phi) is 7.63. The van der Waals surface area contributed by atoms with Crippen molar-refractivity contribution in [2.45, 2.75) is 20.4 Å². The summed E-state index contributed by atoms with van der Waals surface area (Å²) >= 11 is 0. The lowest BCUT2D eigenvalue weighted by Gasteiger charge is -2.20. The Balaban J connectivity index is 2.93. The number of nitro benzene ring substituents is 1. The van der Waals surface area contributed by atoms with Crippen LogP contribution in [0.5, 0.6) is 5.75 Å². The quantitative estimate of drug-likeness (QED) is 0.405. The van der Waals surface area contributed by atoms with Gasteiger partial charge in [-0.3, -0.25) is 24.6 Å². The van der Waals surface area contributed by atoms with Gasteiger partial charge in [-0.2, -0.15) is 0 Å². The van der Waals surface area contributed by atoms with Crippen molar-refractivity contribution in [2.75, 3.05) is 26.3 Å². The Morgan fingerprint density at radius 3 is 2.17 bits per heavy atom. The number of hydrogen-bond acceptors (Lipinski definition) is 8. The van der Waals surface area contributed by atoms with E-state index < -0.39 is 16.9 Å². The molecule has 0 radical (unpaired) electrons. The molecule has 0 heterocycles. The number of benzene rings is 1. The highest BCUT2D eigenvalue weighted by Gasteiger charge is 2.19. The van der Waals surface area contributed by atoms with Crippen molar-refractivity contribution in [1.29, 1.82) is 0 Å². The Bertz CT molecular complexity index is 583. The van der Waals surface area contributed by atoms with Gasteiger partial charge in [-0.15, -0.1) is 0 Å². The first-order chi connectivity index (χ1) is 11.4. The summed E-state index contributed by atoms with van der Waals surface area (Å²) in [5.41, 5.74) is 0.0211. The molecule has 24 heavy (non-hydrogen) atoms. The Hall–Kier alpha value is -2.68. The van der Waals surface area contributed by atoms with Gasteiger partial charge in [-0.25, -0.2) is 0 Å². The van der Waals surface area contributed by atoms with Crippen LogP contribution in [0.25, 0.3) is 0 Å². The highest BCUT2D eigenvalue weighted by atomic mass is 16.6. The van der Waals surface area contributed by atoms with E-state index in [0.717, 1.165) is 0 Å². The summed E-state index contributed by atoms with van der Waals surface area (Å²) in [6.45, 7) is 3.21. The summed E-state index contributed by atoms with van der Waals surface area (Å²) in [7, 11) is 0. The van der Waals surface area contributed by atoms with Gasteiger partial charge in [-0.05, 0) is 19.9 Å². The van der Waals surface area contributed by atoms with Crippen LogP contribution in [0, 0.1) is 10.1 Å². The lowest BCUT2D eigenvalue weighted by atomic mass is 10.1. The Labute approximate surface area is 138 Å². The first kappa shape index (κ1) is 19.4. The third-order valence-corrected chi connectivity index (χ3v) is 2.98. The Morgan fingerprint density at radius 1 is 1.17 bits per heavy atom. The molecule has 0 amide bonds. The van der Waals surface area contributed by atoms with Gasteiger partial charge in [0.1, 0.15) is 5.75 Å². The van der Waals surface area contributed by atoms with E-state index in [0.29, 0.717) is 0 Å². The third-order valence-electron chi connectivity index (χ3n) is 2.98. The van der Waals surface area contributed by atoms with Crippen molar-refractivity contribution in [1.82, 2.24) is 4.90 Å². The molecule has 132 valence electrons. The second kappa shape index (κ2) is 9.46. The van der Waals surface area contributed by atoms with E-state index in [-0.39, 0.29) is 49.8 Å². The summed E-state index contributed by atoms with van der Waals surface area (Å²) in [5.74, 6) is -1.27. The normalized spacial score (nSPS) is 10.5. The van der Waals surface area contributed by atoms with E-state index in [9.17, 15) is 24.8 Å². The molecule has 0 unspecified atom stereocenters. The number of phenolic OH excluding ortho intramolecular Hbond substituents is 1. The van der Waals surface area contributed by atoms with E-state index >= 15 is 0 Å². The molecule has 1 rings (SSSR count). The summed E-state index contributed by atoms with van der Waals surface area (Å²) in [6, 6.07) is 3.55.